The minimum atomic E-state index is 0.0167. The van der Waals surface area contributed by atoms with Gasteiger partial charge in [0.15, 0.2) is 0 Å². The Labute approximate surface area is 125 Å². The van der Waals surface area contributed by atoms with Gasteiger partial charge in [0, 0.05) is 18.4 Å². The Morgan fingerprint density at radius 1 is 1.35 bits per heavy atom. The average Bonchev–Trinajstić information content (AvgIpc) is 2.72. The van der Waals surface area contributed by atoms with Crippen LogP contribution in [0, 0.1) is 13.8 Å². The molecule has 4 nitrogen and oxygen atoms in total. The summed E-state index contributed by atoms with van der Waals surface area (Å²) in [6.45, 7) is 7.10. The van der Waals surface area contributed by atoms with Crippen LogP contribution in [0.25, 0.3) is 0 Å². The largest absolute Gasteiger partial charge is 0.305 e. The highest BCUT2D eigenvalue weighted by Gasteiger charge is 2.22. The summed E-state index contributed by atoms with van der Waals surface area (Å²) in [5.41, 5.74) is 4.18. The lowest BCUT2D eigenvalue weighted by Crippen LogP contribution is -2.26. The summed E-state index contributed by atoms with van der Waals surface area (Å²) in [6.07, 6.45) is 2.75. The summed E-state index contributed by atoms with van der Waals surface area (Å²) < 4.78 is 1.83. The van der Waals surface area contributed by atoms with Gasteiger partial charge in [-0.05, 0) is 38.4 Å². The van der Waals surface area contributed by atoms with Crippen molar-refractivity contribution in [3.63, 3.8) is 0 Å². The van der Waals surface area contributed by atoms with Crippen molar-refractivity contribution in [3.8, 4) is 0 Å². The van der Waals surface area contributed by atoms with E-state index in [0.29, 0.717) is 5.02 Å². The van der Waals surface area contributed by atoms with Crippen LogP contribution in [-0.2, 0) is 7.05 Å². The highest BCUT2D eigenvalue weighted by molar-refractivity contribution is 6.31. The lowest BCUT2D eigenvalue weighted by Gasteiger charge is -2.21. The number of hydrogen-bond donors (Lipinski definition) is 1. The molecule has 0 fully saturated rings. The monoisotopic (exact) mass is 292 g/mol. The number of aryl methyl sites for hydroxylation is 3. The summed E-state index contributed by atoms with van der Waals surface area (Å²) in [6, 6.07) is 4.17. The molecule has 0 saturated carbocycles. The van der Waals surface area contributed by atoms with Crippen LogP contribution in [0.15, 0.2) is 18.3 Å². The fourth-order valence-electron chi connectivity index (χ4n) is 2.39. The van der Waals surface area contributed by atoms with E-state index in [4.69, 9.17) is 11.6 Å². The number of aromatic nitrogens is 3. The molecule has 0 spiro atoms. The van der Waals surface area contributed by atoms with E-state index in [-0.39, 0.29) is 6.04 Å². The molecule has 0 aliphatic heterocycles. The van der Waals surface area contributed by atoms with Gasteiger partial charge in [0.1, 0.15) is 0 Å². The van der Waals surface area contributed by atoms with Gasteiger partial charge in [-0.1, -0.05) is 24.6 Å². The molecular formula is C15H21ClN4. The summed E-state index contributed by atoms with van der Waals surface area (Å²) in [7, 11) is 1.92. The molecule has 2 aromatic rings. The van der Waals surface area contributed by atoms with E-state index >= 15 is 0 Å². The van der Waals surface area contributed by atoms with Crippen molar-refractivity contribution in [2.45, 2.75) is 33.2 Å². The summed E-state index contributed by atoms with van der Waals surface area (Å²) >= 11 is 6.31. The second-order valence-electron chi connectivity index (χ2n) is 5.02. The van der Waals surface area contributed by atoms with Crippen molar-refractivity contribution >= 4 is 11.6 Å². The van der Waals surface area contributed by atoms with Crippen LogP contribution < -0.4 is 5.32 Å². The Morgan fingerprint density at radius 2 is 2.10 bits per heavy atom. The first-order chi connectivity index (χ1) is 9.54. The van der Waals surface area contributed by atoms with Crippen LogP contribution in [0.1, 0.15) is 42.0 Å². The molecule has 1 atom stereocenters. The Kier molecular flexibility index (Phi) is 4.78. The van der Waals surface area contributed by atoms with Gasteiger partial charge in [-0.3, -0.25) is 9.67 Å². The van der Waals surface area contributed by atoms with Crippen molar-refractivity contribution in [1.29, 1.82) is 0 Å². The quantitative estimate of drug-likeness (QED) is 0.920. The molecule has 1 unspecified atom stereocenters. The van der Waals surface area contributed by atoms with E-state index in [2.05, 4.69) is 28.4 Å². The molecule has 0 radical (unpaired) electrons. The molecule has 20 heavy (non-hydrogen) atoms. The molecule has 0 amide bonds. The molecule has 0 bridgehead atoms. The van der Waals surface area contributed by atoms with Gasteiger partial charge < -0.3 is 5.32 Å². The van der Waals surface area contributed by atoms with E-state index < -0.39 is 0 Å². The Morgan fingerprint density at radius 3 is 2.65 bits per heavy atom. The van der Waals surface area contributed by atoms with E-state index in [0.717, 1.165) is 35.6 Å². The van der Waals surface area contributed by atoms with Crippen molar-refractivity contribution in [2.24, 2.45) is 7.05 Å². The van der Waals surface area contributed by atoms with Crippen LogP contribution in [0.5, 0.6) is 0 Å². The Hall–Kier alpha value is -1.39. The predicted molar refractivity (Wildman–Crippen MR) is 82.1 cm³/mol. The fourth-order valence-corrected chi connectivity index (χ4v) is 2.67. The predicted octanol–water partition coefficient (Wildman–Crippen LogP) is 3.17. The molecule has 1 N–H and O–H groups in total. The molecule has 0 saturated heterocycles. The number of rotatable bonds is 5. The fraction of sp³-hybridized carbons (Fsp3) is 0.467. The van der Waals surface area contributed by atoms with Crippen LogP contribution in [0.2, 0.25) is 5.02 Å². The lowest BCUT2D eigenvalue weighted by molar-refractivity contribution is 0.550. The number of halogens is 1. The minimum Gasteiger partial charge on any atom is -0.305 e. The van der Waals surface area contributed by atoms with Crippen molar-refractivity contribution < 1.29 is 0 Å². The van der Waals surface area contributed by atoms with E-state index in [9.17, 15) is 0 Å². The molecular weight excluding hydrogens is 272 g/mol. The third kappa shape index (κ3) is 3.02. The zero-order valence-corrected chi connectivity index (χ0v) is 13.2. The highest BCUT2D eigenvalue weighted by Crippen LogP contribution is 2.29. The van der Waals surface area contributed by atoms with Gasteiger partial charge >= 0.3 is 0 Å². The maximum Gasteiger partial charge on any atom is 0.0837 e. The van der Waals surface area contributed by atoms with Crippen LogP contribution in [0.4, 0.5) is 0 Å². The van der Waals surface area contributed by atoms with Crippen molar-refractivity contribution in [2.75, 3.05) is 6.54 Å². The van der Waals surface area contributed by atoms with Crippen LogP contribution >= 0.6 is 11.6 Å². The second kappa shape index (κ2) is 6.37. The average molecular weight is 293 g/mol. The SMILES string of the molecule is CCCNC(c1ccc(C)nc1C)c1c(Cl)cnn1C. The second-order valence-corrected chi connectivity index (χ2v) is 5.42. The molecule has 2 heterocycles. The van der Waals surface area contributed by atoms with E-state index in [1.165, 1.54) is 0 Å². The van der Waals surface area contributed by atoms with Gasteiger partial charge in [0.2, 0.25) is 0 Å². The first-order valence-electron chi connectivity index (χ1n) is 6.89. The molecule has 0 aromatic carbocycles. The van der Waals surface area contributed by atoms with E-state index in [1.54, 1.807) is 6.20 Å². The molecule has 5 heteroatoms. The standard InChI is InChI=1S/C15H21ClN4/c1-5-8-17-14(15-13(16)9-18-20(15)4)12-7-6-10(2)19-11(12)3/h6-7,9,14,17H,5,8H2,1-4H3. The van der Waals surface area contributed by atoms with Gasteiger partial charge in [-0.25, -0.2) is 0 Å². The Bertz CT molecular complexity index is 572. The van der Waals surface area contributed by atoms with Gasteiger partial charge in [-0.2, -0.15) is 5.10 Å². The number of hydrogen-bond acceptors (Lipinski definition) is 3. The van der Waals surface area contributed by atoms with Crippen molar-refractivity contribution in [3.05, 3.63) is 46.0 Å². The minimum absolute atomic E-state index is 0.0167. The van der Waals surface area contributed by atoms with Crippen molar-refractivity contribution in [1.82, 2.24) is 20.1 Å². The third-order valence-corrected chi connectivity index (χ3v) is 3.68. The zero-order chi connectivity index (χ0) is 14.7. The Balaban J connectivity index is 2.47. The highest BCUT2D eigenvalue weighted by atomic mass is 35.5. The third-order valence-electron chi connectivity index (χ3n) is 3.39. The number of nitrogens with zero attached hydrogens (tertiary/aromatic N) is 3. The van der Waals surface area contributed by atoms with Gasteiger partial charge in [0.05, 0.1) is 23.0 Å². The molecule has 0 aliphatic rings. The van der Waals surface area contributed by atoms with Gasteiger partial charge in [0.25, 0.3) is 0 Å². The maximum absolute atomic E-state index is 6.31. The maximum atomic E-state index is 6.31. The van der Waals surface area contributed by atoms with E-state index in [1.807, 2.05) is 31.6 Å². The molecule has 2 rings (SSSR count). The van der Waals surface area contributed by atoms with Gasteiger partial charge in [-0.15, -0.1) is 0 Å². The normalized spacial score (nSPS) is 12.7. The van der Waals surface area contributed by atoms with Crippen LogP contribution in [-0.4, -0.2) is 21.3 Å². The molecule has 0 aliphatic carbocycles. The number of nitrogens with one attached hydrogen (secondary N) is 1. The molecule has 2 aromatic heterocycles. The molecule has 108 valence electrons. The van der Waals surface area contributed by atoms with Crippen LogP contribution in [0.3, 0.4) is 0 Å². The smallest absolute Gasteiger partial charge is 0.0837 e. The summed E-state index contributed by atoms with van der Waals surface area (Å²) in [4.78, 5) is 4.56. The zero-order valence-electron chi connectivity index (χ0n) is 12.4. The first-order valence-corrected chi connectivity index (χ1v) is 7.27. The summed E-state index contributed by atoms with van der Waals surface area (Å²) in [5, 5.41) is 8.47. The first kappa shape index (κ1) is 15.0. The number of pyridine rings is 1. The topological polar surface area (TPSA) is 42.7 Å². The lowest BCUT2D eigenvalue weighted by atomic mass is 10.0. The summed E-state index contributed by atoms with van der Waals surface area (Å²) in [5.74, 6) is 0.